The van der Waals surface area contributed by atoms with Crippen molar-refractivity contribution in [3.63, 3.8) is 0 Å². The van der Waals surface area contributed by atoms with E-state index in [1.54, 1.807) is 12.1 Å². The molecular weight excluding hydrogens is 342 g/mol. The van der Waals surface area contributed by atoms with Crippen molar-refractivity contribution < 1.29 is 23.1 Å². The number of ether oxygens (including phenoxy) is 1. The van der Waals surface area contributed by atoms with E-state index in [1.807, 2.05) is 33.8 Å². The number of rotatable bonds is 5. The Morgan fingerprint density at radius 2 is 2.00 bits per heavy atom. The molecule has 0 bridgehead atoms. The van der Waals surface area contributed by atoms with Gasteiger partial charge >= 0.3 is 5.97 Å². The van der Waals surface area contributed by atoms with E-state index in [2.05, 4.69) is 0 Å². The van der Waals surface area contributed by atoms with Gasteiger partial charge in [0.2, 0.25) is 10.0 Å². The summed E-state index contributed by atoms with van der Waals surface area (Å²) in [5.41, 5.74) is 0.670. The number of benzene rings is 1. The first-order valence-electron chi connectivity index (χ1n) is 8.47. The summed E-state index contributed by atoms with van der Waals surface area (Å²) in [4.78, 5) is 11.5. The van der Waals surface area contributed by atoms with Gasteiger partial charge in [0.25, 0.3) is 0 Å². The van der Waals surface area contributed by atoms with Gasteiger partial charge in [0.1, 0.15) is 10.6 Å². The van der Waals surface area contributed by atoms with Crippen molar-refractivity contribution in [3.05, 3.63) is 23.8 Å². The van der Waals surface area contributed by atoms with Gasteiger partial charge in [-0.25, -0.2) is 8.42 Å². The minimum atomic E-state index is -3.85. The van der Waals surface area contributed by atoms with Gasteiger partial charge in [-0.1, -0.05) is 33.8 Å². The lowest BCUT2D eigenvalue weighted by Gasteiger charge is -2.27. The lowest BCUT2D eigenvalue weighted by Crippen LogP contribution is -2.39. The third-order valence-electron chi connectivity index (χ3n) is 4.85. The molecule has 2 rings (SSSR count). The highest BCUT2D eigenvalue weighted by Crippen LogP contribution is 2.37. The Kier molecular flexibility index (Phi) is 5.49. The zero-order chi connectivity index (χ0) is 19.0. The average molecular weight is 369 g/mol. The van der Waals surface area contributed by atoms with E-state index in [1.165, 1.54) is 11.4 Å². The van der Waals surface area contributed by atoms with Crippen molar-refractivity contribution in [1.29, 1.82) is 0 Å². The summed E-state index contributed by atoms with van der Waals surface area (Å²) in [5, 5.41) is 9.37. The van der Waals surface area contributed by atoms with Crippen LogP contribution in [0, 0.1) is 5.92 Å². The van der Waals surface area contributed by atoms with Crippen molar-refractivity contribution in [2.24, 2.45) is 5.92 Å². The molecule has 0 aromatic heterocycles. The third-order valence-corrected chi connectivity index (χ3v) is 6.79. The fraction of sp³-hybridized carbons (Fsp3) is 0.611. The van der Waals surface area contributed by atoms with Crippen molar-refractivity contribution in [2.45, 2.75) is 56.9 Å². The van der Waals surface area contributed by atoms with Crippen LogP contribution in [0.2, 0.25) is 0 Å². The van der Waals surface area contributed by atoms with Crippen LogP contribution in [-0.4, -0.2) is 43.5 Å². The number of hydrogen-bond donors (Lipinski definition) is 1. The van der Waals surface area contributed by atoms with Crippen molar-refractivity contribution in [3.8, 4) is 5.75 Å². The topological polar surface area (TPSA) is 83.9 Å². The van der Waals surface area contributed by atoms with Crippen LogP contribution in [0.3, 0.4) is 0 Å². The first-order valence-corrected chi connectivity index (χ1v) is 9.91. The molecular formula is C18H27NO5S. The number of methoxy groups -OCH3 is 1. The fourth-order valence-corrected chi connectivity index (χ4v) is 5.30. The largest absolute Gasteiger partial charge is 0.495 e. The summed E-state index contributed by atoms with van der Waals surface area (Å²) in [7, 11) is -2.41. The lowest BCUT2D eigenvalue weighted by molar-refractivity contribution is -0.142. The van der Waals surface area contributed by atoms with E-state index in [0.717, 1.165) is 5.56 Å². The molecule has 1 heterocycles. The summed E-state index contributed by atoms with van der Waals surface area (Å²) in [6.45, 7) is 8.06. The van der Waals surface area contributed by atoms with Crippen LogP contribution < -0.4 is 4.74 Å². The summed E-state index contributed by atoms with van der Waals surface area (Å²) in [6.07, 6.45) is 0.784. The molecule has 0 aliphatic carbocycles. The van der Waals surface area contributed by atoms with Crippen LogP contribution in [0.25, 0.3) is 0 Å². The first kappa shape index (κ1) is 19.7. The monoisotopic (exact) mass is 369 g/mol. The standard InChI is InChI=1S/C18H27NO5S/c1-6-14-13(17(20)21)9-10-19(14)25(22,23)16-11-12(18(2,3)4)7-8-15(16)24-5/h7-8,11,13-14H,6,9-10H2,1-5H3,(H,20,21). The van der Waals surface area contributed by atoms with Gasteiger partial charge in [-0.3, -0.25) is 4.79 Å². The van der Waals surface area contributed by atoms with Crippen LogP contribution in [0.5, 0.6) is 5.75 Å². The van der Waals surface area contributed by atoms with Gasteiger partial charge in [-0.05, 0) is 36.0 Å². The van der Waals surface area contributed by atoms with E-state index in [-0.39, 0.29) is 22.6 Å². The van der Waals surface area contributed by atoms with Crippen molar-refractivity contribution in [1.82, 2.24) is 4.31 Å². The maximum Gasteiger partial charge on any atom is 0.308 e. The van der Waals surface area contributed by atoms with Gasteiger partial charge < -0.3 is 9.84 Å². The summed E-state index contributed by atoms with van der Waals surface area (Å²) >= 11 is 0. The van der Waals surface area contributed by atoms with E-state index >= 15 is 0 Å². The maximum atomic E-state index is 13.3. The minimum Gasteiger partial charge on any atom is -0.495 e. The van der Waals surface area contributed by atoms with Gasteiger partial charge in [0, 0.05) is 12.6 Å². The number of carboxylic acid groups (broad SMARTS) is 1. The van der Waals surface area contributed by atoms with Crippen LogP contribution in [0.15, 0.2) is 23.1 Å². The van der Waals surface area contributed by atoms with Crippen molar-refractivity contribution >= 4 is 16.0 Å². The van der Waals surface area contributed by atoms with Crippen LogP contribution in [0.4, 0.5) is 0 Å². The normalized spacial score (nSPS) is 22.1. The van der Waals surface area contributed by atoms with Crippen LogP contribution in [-0.2, 0) is 20.2 Å². The molecule has 25 heavy (non-hydrogen) atoms. The Balaban J connectivity index is 2.54. The van der Waals surface area contributed by atoms with Gasteiger partial charge in [0.15, 0.2) is 0 Å². The first-order chi connectivity index (χ1) is 11.5. The van der Waals surface area contributed by atoms with E-state index in [0.29, 0.717) is 12.8 Å². The maximum absolute atomic E-state index is 13.3. The lowest BCUT2D eigenvalue weighted by atomic mass is 9.87. The average Bonchev–Trinajstić information content (AvgIpc) is 2.98. The smallest absolute Gasteiger partial charge is 0.308 e. The molecule has 1 aromatic rings. The molecule has 1 N–H and O–H groups in total. The molecule has 1 aliphatic heterocycles. The zero-order valence-electron chi connectivity index (χ0n) is 15.4. The quantitative estimate of drug-likeness (QED) is 0.863. The predicted octanol–water partition coefficient (Wildman–Crippen LogP) is 2.87. The predicted molar refractivity (Wildman–Crippen MR) is 95.4 cm³/mol. The third kappa shape index (κ3) is 3.67. The highest BCUT2D eigenvalue weighted by Gasteiger charge is 2.44. The number of carboxylic acids is 1. The summed E-state index contributed by atoms with van der Waals surface area (Å²) < 4.78 is 33.2. The molecule has 1 fully saturated rings. The Labute approximate surface area is 149 Å². The molecule has 0 radical (unpaired) electrons. The molecule has 1 aromatic carbocycles. The molecule has 7 heteroatoms. The Morgan fingerprint density at radius 1 is 1.36 bits per heavy atom. The minimum absolute atomic E-state index is 0.104. The Morgan fingerprint density at radius 3 is 2.48 bits per heavy atom. The molecule has 140 valence electrons. The molecule has 0 spiro atoms. The molecule has 2 unspecified atom stereocenters. The number of nitrogens with zero attached hydrogens (tertiary/aromatic N) is 1. The molecule has 1 saturated heterocycles. The molecule has 1 aliphatic rings. The number of sulfonamides is 1. The van der Waals surface area contributed by atoms with E-state index in [9.17, 15) is 18.3 Å². The van der Waals surface area contributed by atoms with E-state index < -0.39 is 28.0 Å². The van der Waals surface area contributed by atoms with E-state index in [4.69, 9.17) is 4.74 Å². The Hall–Kier alpha value is -1.60. The second-order valence-corrected chi connectivity index (χ2v) is 9.30. The summed E-state index contributed by atoms with van der Waals surface area (Å²) in [5.74, 6) is -1.34. The van der Waals surface area contributed by atoms with Crippen molar-refractivity contribution in [2.75, 3.05) is 13.7 Å². The summed E-state index contributed by atoms with van der Waals surface area (Å²) in [6, 6.07) is 4.64. The fourth-order valence-electron chi connectivity index (χ4n) is 3.37. The number of carbonyl (C=O) groups is 1. The highest BCUT2D eigenvalue weighted by atomic mass is 32.2. The second kappa shape index (κ2) is 6.96. The molecule has 0 saturated carbocycles. The SMILES string of the molecule is CCC1C(C(=O)O)CCN1S(=O)(=O)c1cc(C(C)(C)C)ccc1OC. The number of hydrogen-bond acceptors (Lipinski definition) is 4. The highest BCUT2D eigenvalue weighted by molar-refractivity contribution is 7.89. The zero-order valence-corrected chi connectivity index (χ0v) is 16.3. The van der Waals surface area contributed by atoms with Gasteiger partial charge in [-0.15, -0.1) is 0 Å². The van der Waals surface area contributed by atoms with Gasteiger partial charge in [-0.2, -0.15) is 4.31 Å². The Bertz CT molecular complexity index is 751. The second-order valence-electron chi connectivity index (χ2n) is 7.44. The van der Waals surface area contributed by atoms with Gasteiger partial charge in [0.05, 0.1) is 13.0 Å². The number of aliphatic carboxylic acids is 1. The molecule has 6 nitrogen and oxygen atoms in total. The molecule has 2 atom stereocenters. The van der Waals surface area contributed by atoms with Crippen LogP contribution in [0.1, 0.15) is 46.1 Å². The molecule has 0 amide bonds. The van der Waals surface area contributed by atoms with Crippen LogP contribution >= 0.6 is 0 Å².